The van der Waals surface area contributed by atoms with E-state index < -0.39 is 17.6 Å². The number of nitrogen functional groups attached to an aromatic ring is 1. The number of hydrogen-bond donors (Lipinski definition) is 3. The summed E-state index contributed by atoms with van der Waals surface area (Å²) in [6, 6.07) is 10.1. The van der Waals surface area contributed by atoms with Crippen LogP contribution in [0.3, 0.4) is 0 Å². The molecule has 120 valence electrons. The summed E-state index contributed by atoms with van der Waals surface area (Å²) in [5.41, 5.74) is 12.1. The van der Waals surface area contributed by atoms with Gasteiger partial charge in [0.25, 0.3) is 5.91 Å². The molecule has 0 unspecified atom stereocenters. The van der Waals surface area contributed by atoms with Gasteiger partial charge in [0.15, 0.2) is 0 Å². The van der Waals surface area contributed by atoms with Gasteiger partial charge in [0.1, 0.15) is 11.5 Å². The molecule has 6 nitrogen and oxygen atoms in total. The first-order chi connectivity index (χ1) is 11.5. The molecule has 2 amide bonds. The number of fused-ring (bicyclic) bond motifs is 1. The van der Waals surface area contributed by atoms with E-state index in [0.717, 1.165) is 0 Å². The van der Waals surface area contributed by atoms with E-state index in [1.54, 1.807) is 0 Å². The summed E-state index contributed by atoms with van der Waals surface area (Å²) >= 11 is 0. The first-order valence-corrected chi connectivity index (χ1v) is 7.01. The second-order valence-electron chi connectivity index (χ2n) is 5.11. The van der Waals surface area contributed by atoms with Crippen LogP contribution in [0.15, 0.2) is 48.7 Å². The Labute approximate surface area is 136 Å². The third kappa shape index (κ3) is 2.74. The van der Waals surface area contributed by atoms with E-state index in [9.17, 15) is 14.0 Å². The van der Waals surface area contributed by atoms with Gasteiger partial charge >= 0.3 is 0 Å². The van der Waals surface area contributed by atoms with Gasteiger partial charge in [-0.05, 0) is 42.5 Å². The fourth-order valence-electron chi connectivity index (χ4n) is 2.37. The maximum atomic E-state index is 13.9. The van der Waals surface area contributed by atoms with Crippen LogP contribution in [0.4, 0.5) is 15.8 Å². The van der Waals surface area contributed by atoms with Gasteiger partial charge in [-0.15, -0.1) is 0 Å². The summed E-state index contributed by atoms with van der Waals surface area (Å²) in [5, 5.41) is 3.11. The predicted octanol–water partition coefficient (Wildman–Crippen LogP) is 2.31. The predicted molar refractivity (Wildman–Crippen MR) is 89.0 cm³/mol. The summed E-state index contributed by atoms with van der Waals surface area (Å²) in [7, 11) is 0. The Morgan fingerprint density at radius 3 is 2.42 bits per heavy atom. The number of halogens is 1. The van der Waals surface area contributed by atoms with Gasteiger partial charge in [-0.2, -0.15) is 0 Å². The van der Waals surface area contributed by atoms with Crippen molar-refractivity contribution in [2.45, 2.75) is 0 Å². The van der Waals surface area contributed by atoms with Crippen molar-refractivity contribution in [3.63, 3.8) is 0 Å². The lowest BCUT2D eigenvalue weighted by Crippen LogP contribution is -2.15. The average molecular weight is 324 g/mol. The minimum absolute atomic E-state index is 0.0171. The Bertz CT molecular complexity index is 955. The van der Waals surface area contributed by atoms with Crippen LogP contribution in [0.2, 0.25) is 0 Å². The van der Waals surface area contributed by atoms with Crippen LogP contribution >= 0.6 is 0 Å². The molecule has 2 aromatic carbocycles. The molecule has 0 radical (unpaired) electrons. The van der Waals surface area contributed by atoms with E-state index in [0.29, 0.717) is 11.3 Å². The van der Waals surface area contributed by atoms with E-state index in [1.807, 2.05) is 0 Å². The highest BCUT2D eigenvalue weighted by Gasteiger charge is 2.16. The average Bonchev–Trinajstić information content (AvgIpc) is 2.58. The van der Waals surface area contributed by atoms with Crippen LogP contribution < -0.4 is 16.8 Å². The number of nitrogens with one attached hydrogen (secondary N) is 1. The third-order valence-corrected chi connectivity index (χ3v) is 3.55. The highest BCUT2D eigenvalue weighted by Crippen LogP contribution is 2.26. The molecule has 0 aliphatic heterocycles. The Balaban J connectivity index is 1.97. The van der Waals surface area contributed by atoms with Gasteiger partial charge < -0.3 is 16.8 Å². The topological polar surface area (TPSA) is 111 Å². The summed E-state index contributed by atoms with van der Waals surface area (Å²) in [5.74, 6) is -1.59. The lowest BCUT2D eigenvalue weighted by Gasteiger charge is -2.10. The number of anilines is 2. The fraction of sp³-hybridized carbons (Fsp3) is 0. The van der Waals surface area contributed by atoms with Gasteiger partial charge in [0.05, 0.1) is 0 Å². The molecular weight excluding hydrogens is 311 g/mol. The fourth-order valence-corrected chi connectivity index (χ4v) is 2.37. The number of aromatic nitrogens is 1. The molecule has 3 aromatic rings. The Kier molecular flexibility index (Phi) is 3.83. The maximum Gasteiger partial charge on any atom is 0.274 e. The quantitative estimate of drug-likeness (QED) is 0.642. The number of nitrogens with two attached hydrogens (primary N) is 2. The second-order valence-corrected chi connectivity index (χ2v) is 5.11. The molecule has 0 spiro atoms. The minimum atomic E-state index is -0.563. The first-order valence-electron chi connectivity index (χ1n) is 7.01. The molecule has 24 heavy (non-hydrogen) atoms. The molecule has 5 N–H and O–H groups in total. The Morgan fingerprint density at radius 2 is 1.75 bits per heavy atom. The van der Waals surface area contributed by atoms with E-state index >= 15 is 0 Å². The summed E-state index contributed by atoms with van der Waals surface area (Å²) in [6.07, 6.45) is 1.34. The molecule has 0 aliphatic carbocycles. The summed E-state index contributed by atoms with van der Waals surface area (Å²) in [4.78, 5) is 27.5. The van der Waals surface area contributed by atoms with Crippen molar-refractivity contribution >= 4 is 34.0 Å². The Morgan fingerprint density at radius 1 is 1.04 bits per heavy atom. The molecule has 0 aliphatic rings. The van der Waals surface area contributed by atoms with E-state index in [-0.39, 0.29) is 22.2 Å². The van der Waals surface area contributed by atoms with Crippen molar-refractivity contribution in [1.82, 2.24) is 4.98 Å². The van der Waals surface area contributed by atoms with Crippen molar-refractivity contribution in [1.29, 1.82) is 0 Å². The number of benzene rings is 2. The molecule has 0 atom stereocenters. The van der Waals surface area contributed by atoms with E-state index in [1.165, 1.54) is 48.7 Å². The van der Waals surface area contributed by atoms with E-state index in [4.69, 9.17) is 11.5 Å². The zero-order valence-corrected chi connectivity index (χ0v) is 12.4. The van der Waals surface area contributed by atoms with Crippen LogP contribution in [-0.2, 0) is 0 Å². The summed E-state index contributed by atoms with van der Waals surface area (Å²) < 4.78 is 13.9. The van der Waals surface area contributed by atoms with Crippen LogP contribution in [0.25, 0.3) is 10.8 Å². The van der Waals surface area contributed by atoms with Gasteiger partial charge in [-0.3, -0.25) is 14.6 Å². The maximum absolute atomic E-state index is 13.9. The van der Waals surface area contributed by atoms with Crippen molar-refractivity contribution in [2.75, 3.05) is 11.1 Å². The zero-order chi connectivity index (χ0) is 17.3. The molecule has 1 aromatic heterocycles. The lowest BCUT2D eigenvalue weighted by molar-refractivity contribution is 0.0998. The molecule has 7 heteroatoms. The standard InChI is InChI=1S/C17H13FN4O2/c18-12-5-6-13(19)14-11(12)7-8-21-15(14)17(24)22-10-3-1-9(2-4-10)16(20)23/h1-8H,19H2,(H2,20,23)(H,22,24). The van der Waals surface area contributed by atoms with Crippen molar-refractivity contribution in [2.24, 2.45) is 5.73 Å². The number of amides is 2. The first kappa shape index (κ1) is 15.4. The second kappa shape index (κ2) is 5.96. The normalized spacial score (nSPS) is 10.5. The highest BCUT2D eigenvalue weighted by atomic mass is 19.1. The van der Waals surface area contributed by atoms with E-state index in [2.05, 4.69) is 10.3 Å². The van der Waals surface area contributed by atoms with Gasteiger partial charge in [0, 0.05) is 33.9 Å². The number of pyridine rings is 1. The van der Waals surface area contributed by atoms with Crippen LogP contribution in [0.1, 0.15) is 20.8 Å². The number of primary amides is 1. The molecule has 0 saturated carbocycles. The highest BCUT2D eigenvalue weighted by molar-refractivity contribution is 6.14. The third-order valence-electron chi connectivity index (χ3n) is 3.55. The number of rotatable bonds is 3. The van der Waals surface area contributed by atoms with Crippen molar-refractivity contribution < 1.29 is 14.0 Å². The zero-order valence-electron chi connectivity index (χ0n) is 12.4. The SMILES string of the molecule is NC(=O)c1ccc(NC(=O)c2nccc3c(F)ccc(N)c23)cc1. The monoisotopic (exact) mass is 324 g/mol. The molecule has 0 bridgehead atoms. The van der Waals surface area contributed by atoms with Gasteiger partial charge in [-0.1, -0.05) is 0 Å². The molecule has 0 saturated heterocycles. The van der Waals surface area contributed by atoms with Gasteiger partial charge in [-0.25, -0.2) is 4.39 Å². The van der Waals surface area contributed by atoms with Gasteiger partial charge in [0.2, 0.25) is 5.91 Å². The molecule has 3 rings (SSSR count). The number of hydrogen-bond acceptors (Lipinski definition) is 4. The van der Waals surface area contributed by atoms with Crippen LogP contribution in [0.5, 0.6) is 0 Å². The van der Waals surface area contributed by atoms with Crippen molar-refractivity contribution in [3.05, 3.63) is 65.7 Å². The smallest absolute Gasteiger partial charge is 0.274 e. The van der Waals surface area contributed by atoms with Crippen LogP contribution in [0, 0.1) is 5.82 Å². The number of carbonyl (C=O) groups excluding carboxylic acids is 2. The largest absolute Gasteiger partial charge is 0.398 e. The number of carbonyl (C=O) groups is 2. The Hall–Kier alpha value is -3.48. The molecule has 1 heterocycles. The van der Waals surface area contributed by atoms with Crippen molar-refractivity contribution in [3.8, 4) is 0 Å². The number of nitrogens with zero attached hydrogens (tertiary/aromatic N) is 1. The summed E-state index contributed by atoms with van der Waals surface area (Å²) in [6.45, 7) is 0. The minimum Gasteiger partial charge on any atom is -0.398 e. The lowest BCUT2D eigenvalue weighted by atomic mass is 10.1. The van der Waals surface area contributed by atoms with Crippen LogP contribution in [-0.4, -0.2) is 16.8 Å². The molecular formula is C17H13FN4O2. The molecule has 0 fully saturated rings.